The molecule has 0 saturated carbocycles. The van der Waals surface area contributed by atoms with Crippen LogP contribution in [-0.2, 0) is 0 Å². The zero-order chi connectivity index (χ0) is 11.6. The van der Waals surface area contributed by atoms with E-state index in [1.165, 1.54) is 11.1 Å². The topological polar surface area (TPSA) is 47.3 Å². The van der Waals surface area contributed by atoms with Gasteiger partial charge in [0.05, 0.1) is 6.07 Å². The normalized spacial score (nSPS) is 23.3. The highest BCUT2D eigenvalue weighted by Crippen LogP contribution is 2.28. The van der Waals surface area contributed by atoms with Crippen molar-refractivity contribution in [3.63, 3.8) is 0 Å². The molecular formula is C9H9F3N2O. The van der Waals surface area contributed by atoms with Gasteiger partial charge in [-0.15, -0.1) is 0 Å². The molecule has 0 saturated heterocycles. The van der Waals surface area contributed by atoms with Crippen LogP contribution in [0.2, 0.25) is 0 Å². The van der Waals surface area contributed by atoms with Gasteiger partial charge < -0.3 is 10.0 Å². The van der Waals surface area contributed by atoms with Crippen LogP contribution < -0.4 is 0 Å². The Morgan fingerprint density at radius 1 is 1.60 bits per heavy atom. The van der Waals surface area contributed by atoms with Gasteiger partial charge in [-0.2, -0.15) is 18.4 Å². The molecule has 0 amide bonds. The standard InChI is InChI=1S/C9H9F3N2O/c1-14-3-2-6(4-7(14)5-13)8(15)9(10,11)12/h2-4,7-8,15H,1H3. The van der Waals surface area contributed by atoms with Gasteiger partial charge in [0, 0.05) is 13.2 Å². The first kappa shape index (κ1) is 11.6. The summed E-state index contributed by atoms with van der Waals surface area (Å²) in [7, 11) is 1.57. The largest absolute Gasteiger partial charge is 0.418 e. The van der Waals surface area contributed by atoms with Gasteiger partial charge >= 0.3 is 6.18 Å². The van der Waals surface area contributed by atoms with E-state index in [9.17, 15) is 13.2 Å². The zero-order valence-corrected chi connectivity index (χ0v) is 7.86. The van der Waals surface area contributed by atoms with E-state index in [0.717, 1.165) is 12.2 Å². The van der Waals surface area contributed by atoms with Crippen molar-refractivity contribution in [2.24, 2.45) is 0 Å². The molecule has 0 aromatic heterocycles. The SMILES string of the molecule is CN1C=CC(C(O)C(F)(F)F)=CC1C#N. The van der Waals surface area contributed by atoms with E-state index in [4.69, 9.17) is 10.4 Å². The molecule has 2 unspecified atom stereocenters. The van der Waals surface area contributed by atoms with Crippen molar-refractivity contribution in [2.75, 3.05) is 7.05 Å². The molecule has 0 radical (unpaired) electrons. The van der Waals surface area contributed by atoms with E-state index in [1.807, 2.05) is 6.07 Å². The Morgan fingerprint density at radius 2 is 2.20 bits per heavy atom. The molecule has 1 heterocycles. The maximum Gasteiger partial charge on any atom is 0.418 e. The van der Waals surface area contributed by atoms with Gasteiger partial charge in [-0.05, 0) is 17.7 Å². The monoisotopic (exact) mass is 218 g/mol. The molecule has 1 rings (SSSR count). The summed E-state index contributed by atoms with van der Waals surface area (Å²) in [5, 5.41) is 17.6. The van der Waals surface area contributed by atoms with Crippen molar-refractivity contribution in [1.82, 2.24) is 4.90 Å². The van der Waals surface area contributed by atoms with Crippen molar-refractivity contribution < 1.29 is 18.3 Å². The summed E-state index contributed by atoms with van der Waals surface area (Å²) in [5.41, 5.74) is -0.299. The molecule has 3 nitrogen and oxygen atoms in total. The quantitative estimate of drug-likeness (QED) is 0.719. The van der Waals surface area contributed by atoms with E-state index in [2.05, 4.69) is 0 Å². The summed E-state index contributed by atoms with van der Waals surface area (Å²) in [6, 6.07) is 1.03. The highest BCUT2D eigenvalue weighted by Gasteiger charge is 2.40. The fraction of sp³-hybridized carbons (Fsp3) is 0.444. The van der Waals surface area contributed by atoms with Gasteiger partial charge in [-0.1, -0.05) is 0 Å². The maximum absolute atomic E-state index is 12.1. The van der Waals surface area contributed by atoms with Crippen LogP contribution in [0.5, 0.6) is 0 Å². The van der Waals surface area contributed by atoms with Gasteiger partial charge in [-0.25, -0.2) is 0 Å². The molecular weight excluding hydrogens is 209 g/mol. The van der Waals surface area contributed by atoms with Crippen molar-refractivity contribution in [2.45, 2.75) is 18.3 Å². The van der Waals surface area contributed by atoms with Crippen molar-refractivity contribution in [3.05, 3.63) is 23.9 Å². The Morgan fingerprint density at radius 3 is 2.67 bits per heavy atom. The van der Waals surface area contributed by atoms with Crippen LogP contribution >= 0.6 is 0 Å². The van der Waals surface area contributed by atoms with Crippen molar-refractivity contribution >= 4 is 0 Å². The van der Waals surface area contributed by atoms with E-state index < -0.39 is 18.3 Å². The number of nitrogens with zero attached hydrogens (tertiary/aromatic N) is 2. The number of hydrogen-bond donors (Lipinski definition) is 1. The third kappa shape index (κ3) is 2.50. The number of aliphatic hydroxyl groups excluding tert-OH is 1. The molecule has 15 heavy (non-hydrogen) atoms. The summed E-state index contributed by atoms with van der Waals surface area (Å²) < 4.78 is 36.4. The first-order valence-corrected chi connectivity index (χ1v) is 4.12. The van der Waals surface area contributed by atoms with Crippen LogP contribution in [0.4, 0.5) is 13.2 Å². The third-order valence-electron chi connectivity index (χ3n) is 2.05. The fourth-order valence-corrected chi connectivity index (χ4v) is 1.15. The first-order chi connectivity index (χ1) is 6.86. The Bertz CT molecular complexity index is 340. The smallest absolute Gasteiger partial charge is 0.379 e. The number of likely N-dealkylation sites (N-methyl/N-ethyl adjacent to an activating group) is 1. The second-order valence-electron chi connectivity index (χ2n) is 3.17. The van der Waals surface area contributed by atoms with Gasteiger partial charge in [0.15, 0.2) is 6.10 Å². The number of nitriles is 1. The minimum atomic E-state index is -4.70. The molecule has 6 heteroatoms. The third-order valence-corrected chi connectivity index (χ3v) is 2.05. The molecule has 0 aromatic rings. The number of hydrogen-bond acceptors (Lipinski definition) is 3. The van der Waals surface area contributed by atoms with Crippen LogP contribution in [0, 0.1) is 11.3 Å². The number of aliphatic hydroxyl groups is 1. The molecule has 1 aliphatic rings. The fourth-order valence-electron chi connectivity index (χ4n) is 1.15. The molecule has 82 valence electrons. The molecule has 0 bridgehead atoms. The summed E-state index contributed by atoms with van der Waals surface area (Å²) in [4.78, 5) is 1.45. The van der Waals surface area contributed by atoms with E-state index in [-0.39, 0.29) is 5.57 Å². The lowest BCUT2D eigenvalue weighted by Gasteiger charge is -2.25. The van der Waals surface area contributed by atoms with Gasteiger partial charge in [-0.3, -0.25) is 0 Å². The highest BCUT2D eigenvalue weighted by atomic mass is 19.4. The Balaban J connectivity index is 2.90. The van der Waals surface area contributed by atoms with Crippen LogP contribution in [-0.4, -0.2) is 35.4 Å². The maximum atomic E-state index is 12.1. The summed E-state index contributed by atoms with van der Waals surface area (Å²) >= 11 is 0. The van der Waals surface area contributed by atoms with Gasteiger partial charge in [0.25, 0.3) is 0 Å². The lowest BCUT2D eigenvalue weighted by Crippen LogP contribution is -2.34. The molecule has 1 aliphatic heterocycles. The van der Waals surface area contributed by atoms with E-state index in [1.54, 1.807) is 7.05 Å². The van der Waals surface area contributed by atoms with Crippen LogP contribution in [0.3, 0.4) is 0 Å². The lowest BCUT2D eigenvalue weighted by atomic mass is 10.0. The Labute approximate surface area is 84.7 Å². The van der Waals surface area contributed by atoms with Crippen molar-refractivity contribution in [3.8, 4) is 6.07 Å². The lowest BCUT2D eigenvalue weighted by molar-refractivity contribution is -0.190. The second-order valence-corrected chi connectivity index (χ2v) is 3.17. The minimum Gasteiger partial charge on any atom is -0.379 e. The summed E-state index contributed by atoms with van der Waals surface area (Å²) in [6.07, 6.45) is -3.66. The summed E-state index contributed by atoms with van der Waals surface area (Å²) in [5.74, 6) is 0. The molecule has 0 aliphatic carbocycles. The average Bonchev–Trinajstić information content (AvgIpc) is 2.16. The number of halogens is 3. The second kappa shape index (κ2) is 3.95. The van der Waals surface area contributed by atoms with E-state index >= 15 is 0 Å². The Hall–Kier alpha value is -1.48. The zero-order valence-electron chi connectivity index (χ0n) is 7.86. The van der Waals surface area contributed by atoms with Crippen molar-refractivity contribution in [1.29, 1.82) is 5.26 Å². The molecule has 1 N–H and O–H groups in total. The summed E-state index contributed by atoms with van der Waals surface area (Å²) in [6.45, 7) is 0. The molecule has 2 atom stereocenters. The van der Waals surface area contributed by atoms with Crippen LogP contribution in [0.1, 0.15) is 0 Å². The first-order valence-electron chi connectivity index (χ1n) is 4.12. The predicted molar refractivity (Wildman–Crippen MR) is 46.4 cm³/mol. The molecule has 0 fully saturated rings. The van der Waals surface area contributed by atoms with Crippen LogP contribution in [0.25, 0.3) is 0 Å². The van der Waals surface area contributed by atoms with Crippen LogP contribution in [0.15, 0.2) is 23.9 Å². The minimum absolute atomic E-state index is 0.299. The predicted octanol–water partition coefficient (Wildman–Crippen LogP) is 1.19. The molecule has 0 aromatic carbocycles. The number of alkyl halides is 3. The van der Waals surface area contributed by atoms with Gasteiger partial charge in [0.2, 0.25) is 0 Å². The molecule has 0 spiro atoms. The van der Waals surface area contributed by atoms with E-state index in [0.29, 0.717) is 0 Å². The average molecular weight is 218 g/mol. The highest BCUT2D eigenvalue weighted by molar-refractivity contribution is 5.32. The Kier molecular flexibility index (Phi) is 3.05. The van der Waals surface area contributed by atoms with Gasteiger partial charge in [0.1, 0.15) is 6.04 Å². The number of rotatable bonds is 1.